The third-order valence-corrected chi connectivity index (χ3v) is 3.27. The molecule has 0 saturated heterocycles. The van der Waals surface area contributed by atoms with Gasteiger partial charge in [-0.3, -0.25) is 0 Å². The van der Waals surface area contributed by atoms with E-state index < -0.39 is 0 Å². The minimum absolute atomic E-state index is 0.123. The summed E-state index contributed by atoms with van der Waals surface area (Å²) in [6.45, 7) is 2.21. The van der Waals surface area contributed by atoms with Gasteiger partial charge in [0.05, 0.1) is 12.2 Å². The van der Waals surface area contributed by atoms with Crippen molar-refractivity contribution in [3.63, 3.8) is 0 Å². The Morgan fingerprint density at radius 2 is 1.90 bits per heavy atom. The van der Waals surface area contributed by atoms with Crippen LogP contribution in [-0.2, 0) is 11.3 Å². The lowest BCUT2D eigenvalue weighted by atomic mass is 10.2. The summed E-state index contributed by atoms with van der Waals surface area (Å²) >= 11 is 3.20. The summed E-state index contributed by atoms with van der Waals surface area (Å²) in [6, 6.07) is 11.4. The van der Waals surface area contributed by atoms with Crippen LogP contribution in [0.2, 0.25) is 0 Å². The Bertz CT molecular complexity index is 626. The van der Waals surface area contributed by atoms with E-state index in [0.717, 1.165) is 0 Å². The van der Waals surface area contributed by atoms with Crippen LogP contribution in [-0.4, -0.2) is 12.6 Å². The fraction of sp³-hybridized carbons (Fsp3) is 0.188. The summed E-state index contributed by atoms with van der Waals surface area (Å²) in [4.78, 5) is 11.5. The molecule has 2 aromatic rings. The highest BCUT2D eigenvalue weighted by Gasteiger charge is 2.07. The number of ether oxygens (including phenoxy) is 2. The standard InChI is InChI=1S/C16H14BrFO3/c1-2-20-16(19)11-4-7-14(8-5-11)21-10-12-3-6-13(17)9-15(12)18/h3-9H,2,10H2,1H3. The van der Waals surface area contributed by atoms with Gasteiger partial charge < -0.3 is 9.47 Å². The zero-order chi connectivity index (χ0) is 15.2. The van der Waals surface area contributed by atoms with Gasteiger partial charge in [0.15, 0.2) is 0 Å². The molecule has 3 nitrogen and oxygen atoms in total. The summed E-state index contributed by atoms with van der Waals surface area (Å²) < 4.78 is 24.7. The zero-order valence-electron chi connectivity index (χ0n) is 11.4. The van der Waals surface area contributed by atoms with Crippen LogP contribution in [0.4, 0.5) is 4.39 Å². The highest BCUT2D eigenvalue weighted by atomic mass is 79.9. The Morgan fingerprint density at radius 1 is 1.19 bits per heavy atom. The van der Waals surface area contributed by atoms with E-state index in [4.69, 9.17) is 9.47 Å². The second kappa shape index (κ2) is 7.22. The summed E-state index contributed by atoms with van der Waals surface area (Å²) in [6.07, 6.45) is 0. The average molecular weight is 353 g/mol. The molecule has 0 radical (unpaired) electrons. The average Bonchev–Trinajstić information content (AvgIpc) is 2.47. The summed E-state index contributed by atoms with van der Waals surface area (Å²) in [5.41, 5.74) is 0.923. The second-order valence-corrected chi connectivity index (χ2v) is 5.18. The first-order valence-corrected chi connectivity index (χ1v) is 7.23. The molecule has 0 fully saturated rings. The van der Waals surface area contributed by atoms with Crippen LogP contribution < -0.4 is 4.74 Å². The van der Waals surface area contributed by atoms with E-state index in [1.54, 1.807) is 43.3 Å². The molecule has 0 atom stereocenters. The Hall–Kier alpha value is -1.88. The molecule has 2 rings (SSSR count). The minimum atomic E-state index is -0.372. The van der Waals surface area contributed by atoms with Crippen molar-refractivity contribution in [3.05, 3.63) is 63.9 Å². The van der Waals surface area contributed by atoms with Gasteiger partial charge in [-0.2, -0.15) is 0 Å². The lowest BCUT2D eigenvalue weighted by Gasteiger charge is -2.08. The van der Waals surface area contributed by atoms with Crippen molar-refractivity contribution in [2.24, 2.45) is 0 Å². The summed E-state index contributed by atoms with van der Waals surface area (Å²) in [5, 5.41) is 0. The predicted octanol–water partition coefficient (Wildman–Crippen LogP) is 4.34. The third-order valence-electron chi connectivity index (χ3n) is 2.77. The first-order valence-electron chi connectivity index (χ1n) is 6.44. The van der Waals surface area contributed by atoms with E-state index in [1.807, 2.05) is 0 Å². The van der Waals surface area contributed by atoms with Crippen LogP contribution in [0.5, 0.6) is 5.75 Å². The smallest absolute Gasteiger partial charge is 0.338 e. The molecular weight excluding hydrogens is 339 g/mol. The van der Waals surface area contributed by atoms with Gasteiger partial charge in [0.1, 0.15) is 18.2 Å². The van der Waals surface area contributed by atoms with Gasteiger partial charge in [0.25, 0.3) is 0 Å². The van der Waals surface area contributed by atoms with Crippen LogP contribution in [0.15, 0.2) is 46.9 Å². The molecule has 21 heavy (non-hydrogen) atoms. The van der Waals surface area contributed by atoms with Gasteiger partial charge in [0, 0.05) is 10.0 Å². The van der Waals surface area contributed by atoms with Crippen molar-refractivity contribution in [2.45, 2.75) is 13.5 Å². The molecule has 0 N–H and O–H groups in total. The molecule has 0 amide bonds. The van der Waals surface area contributed by atoms with Gasteiger partial charge in [-0.05, 0) is 43.3 Å². The normalized spacial score (nSPS) is 10.2. The molecule has 0 bridgehead atoms. The predicted molar refractivity (Wildman–Crippen MR) is 80.8 cm³/mol. The molecule has 0 spiro atoms. The van der Waals surface area contributed by atoms with E-state index in [-0.39, 0.29) is 18.4 Å². The van der Waals surface area contributed by atoms with Crippen molar-refractivity contribution >= 4 is 21.9 Å². The maximum absolute atomic E-state index is 13.6. The number of hydrogen-bond donors (Lipinski definition) is 0. The van der Waals surface area contributed by atoms with Crippen LogP contribution in [0, 0.1) is 5.82 Å². The number of carbonyl (C=O) groups is 1. The molecule has 5 heteroatoms. The van der Waals surface area contributed by atoms with E-state index in [2.05, 4.69) is 15.9 Å². The molecule has 0 aliphatic rings. The number of benzene rings is 2. The molecule has 0 aliphatic carbocycles. The maximum Gasteiger partial charge on any atom is 0.338 e. The van der Waals surface area contributed by atoms with Crippen LogP contribution >= 0.6 is 15.9 Å². The molecule has 0 unspecified atom stereocenters. The Kier molecular flexibility index (Phi) is 5.33. The van der Waals surface area contributed by atoms with Crippen LogP contribution in [0.25, 0.3) is 0 Å². The van der Waals surface area contributed by atoms with Crippen LogP contribution in [0.1, 0.15) is 22.8 Å². The van der Waals surface area contributed by atoms with Gasteiger partial charge >= 0.3 is 5.97 Å². The minimum Gasteiger partial charge on any atom is -0.489 e. The quantitative estimate of drug-likeness (QED) is 0.750. The van der Waals surface area contributed by atoms with Crippen molar-refractivity contribution in [2.75, 3.05) is 6.61 Å². The van der Waals surface area contributed by atoms with Crippen molar-refractivity contribution < 1.29 is 18.7 Å². The highest BCUT2D eigenvalue weighted by Crippen LogP contribution is 2.18. The van der Waals surface area contributed by atoms with Gasteiger partial charge in [0.2, 0.25) is 0 Å². The molecule has 0 aliphatic heterocycles. The summed E-state index contributed by atoms with van der Waals surface area (Å²) in [7, 11) is 0. The number of esters is 1. The van der Waals surface area contributed by atoms with Gasteiger partial charge in [-0.25, -0.2) is 9.18 Å². The molecular formula is C16H14BrFO3. The Balaban J connectivity index is 1.99. The third kappa shape index (κ3) is 4.29. The Morgan fingerprint density at radius 3 is 2.52 bits per heavy atom. The van der Waals surface area contributed by atoms with E-state index in [9.17, 15) is 9.18 Å². The molecule has 0 heterocycles. The molecule has 0 aromatic heterocycles. The SMILES string of the molecule is CCOC(=O)c1ccc(OCc2ccc(Br)cc2F)cc1. The number of rotatable bonds is 5. The number of hydrogen-bond acceptors (Lipinski definition) is 3. The van der Waals surface area contributed by atoms with Crippen LogP contribution in [0.3, 0.4) is 0 Å². The maximum atomic E-state index is 13.6. The molecule has 110 valence electrons. The van der Waals surface area contributed by atoms with Crippen molar-refractivity contribution in [1.82, 2.24) is 0 Å². The first-order chi connectivity index (χ1) is 10.1. The fourth-order valence-corrected chi connectivity index (χ4v) is 2.03. The first kappa shape index (κ1) is 15.5. The van der Waals surface area contributed by atoms with E-state index >= 15 is 0 Å². The van der Waals surface area contributed by atoms with Gasteiger partial charge in [-0.1, -0.05) is 22.0 Å². The highest BCUT2D eigenvalue weighted by molar-refractivity contribution is 9.10. The largest absolute Gasteiger partial charge is 0.489 e. The Labute approximate surface area is 130 Å². The number of halogens is 2. The second-order valence-electron chi connectivity index (χ2n) is 4.27. The fourth-order valence-electron chi connectivity index (χ4n) is 1.70. The topological polar surface area (TPSA) is 35.5 Å². The monoisotopic (exact) mass is 352 g/mol. The summed E-state index contributed by atoms with van der Waals surface area (Å²) in [5.74, 6) is -0.138. The lowest BCUT2D eigenvalue weighted by Crippen LogP contribution is -2.04. The zero-order valence-corrected chi connectivity index (χ0v) is 13.0. The number of carbonyl (C=O) groups excluding carboxylic acids is 1. The van der Waals surface area contributed by atoms with E-state index in [1.165, 1.54) is 6.07 Å². The van der Waals surface area contributed by atoms with Crippen molar-refractivity contribution in [3.8, 4) is 5.75 Å². The van der Waals surface area contributed by atoms with Crippen molar-refractivity contribution in [1.29, 1.82) is 0 Å². The molecule has 0 saturated carbocycles. The van der Waals surface area contributed by atoms with Gasteiger partial charge in [-0.15, -0.1) is 0 Å². The lowest BCUT2D eigenvalue weighted by molar-refractivity contribution is 0.0526. The van der Waals surface area contributed by atoms with E-state index in [0.29, 0.717) is 28.0 Å². The molecule has 2 aromatic carbocycles.